The largest absolute Gasteiger partial charge is 0.355 e. The van der Waals surface area contributed by atoms with Gasteiger partial charge in [-0.15, -0.1) is 0 Å². The fraction of sp³-hybridized carbons (Fsp3) is 0.421. The van der Waals surface area contributed by atoms with Crippen molar-refractivity contribution in [2.24, 2.45) is 0 Å². The summed E-state index contributed by atoms with van der Waals surface area (Å²) in [7, 11) is 0. The molecule has 2 heterocycles. The van der Waals surface area contributed by atoms with Crippen molar-refractivity contribution in [1.82, 2.24) is 14.9 Å². The van der Waals surface area contributed by atoms with Gasteiger partial charge >= 0.3 is 0 Å². The topological polar surface area (TPSA) is 49.3 Å². The molecule has 0 bridgehead atoms. The molecule has 2 fully saturated rings. The predicted molar refractivity (Wildman–Crippen MR) is 98.2 cm³/mol. The van der Waals surface area contributed by atoms with Crippen LogP contribution in [0.2, 0.25) is 5.15 Å². The Hall–Kier alpha value is -2.21. The molecule has 0 unspecified atom stereocenters. The lowest BCUT2D eigenvalue weighted by Gasteiger charge is -2.23. The van der Waals surface area contributed by atoms with Crippen LogP contribution in [0.4, 0.5) is 10.2 Å². The summed E-state index contributed by atoms with van der Waals surface area (Å²) in [5, 5.41) is 0.467. The monoisotopic (exact) mass is 374 g/mol. The predicted octanol–water partition coefficient (Wildman–Crippen LogP) is 3.50. The SMILES string of the molecule is O=C(c1cccc(F)c1)N1CCCN(c2cc(Cl)nc(C3CC3)n2)CC1. The fourth-order valence-electron chi connectivity index (χ4n) is 3.26. The van der Waals surface area contributed by atoms with Crippen LogP contribution in [0.1, 0.15) is 41.4 Å². The molecular weight excluding hydrogens is 355 g/mol. The van der Waals surface area contributed by atoms with Crippen molar-refractivity contribution in [3.8, 4) is 0 Å². The standard InChI is InChI=1S/C19H20ClFN4O/c20-16-12-17(23-18(22-16)13-5-6-13)24-7-2-8-25(10-9-24)19(26)14-3-1-4-15(21)11-14/h1,3-4,11-13H,2,5-10H2. The van der Waals surface area contributed by atoms with E-state index in [0.29, 0.717) is 36.3 Å². The van der Waals surface area contributed by atoms with Crippen LogP contribution in [0.3, 0.4) is 0 Å². The van der Waals surface area contributed by atoms with E-state index in [1.807, 2.05) is 0 Å². The van der Waals surface area contributed by atoms with Crippen LogP contribution in [0.5, 0.6) is 0 Å². The molecule has 1 aromatic carbocycles. The Kier molecular flexibility index (Phi) is 4.76. The smallest absolute Gasteiger partial charge is 0.254 e. The van der Waals surface area contributed by atoms with Gasteiger partial charge in [0.25, 0.3) is 5.91 Å². The van der Waals surface area contributed by atoms with E-state index >= 15 is 0 Å². The highest BCUT2D eigenvalue weighted by atomic mass is 35.5. The van der Waals surface area contributed by atoms with E-state index in [9.17, 15) is 9.18 Å². The number of nitrogens with zero attached hydrogens (tertiary/aromatic N) is 4. The molecule has 1 saturated heterocycles. The third-order valence-electron chi connectivity index (χ3n) is 4.82. The number of halogens is 2. The molecule has 1 aliphatic carbocycles. The molecule has 4 rings (SSSR count). The highest BCUT2D eigenvalue weighted by molar-refractivity contribution is 6.29. The second-order valence-electron chi connectivity index (χ2n) is 6.82. The third kappa shape index (κ3) is 3.80. The minimum atomic E-state index is -0.393. The van der Waals surface area contributed by atoms with E-state index in [4.69, 9.17) is 11.6 Å². The molecule has 0 N–H and O–H groups in total. The van der Waals surface area contributed by atoms with Gasteiger partial charge in [0.1, 0.15) is 22.6 Å². The van der Waals surface area contributed by atoms with E-state index < -0.39 is 5.82 Å². The van der Waals surface area contributed by atoms with Gasteiger partial charge in [-0.1, -0.05) is 17.7 Å². The van der Waals surface area contributed by atoms with Crippen molar-refractivity contribution in [2.75, 3.05) is 31.1 Å². The second-order valence-corrected chi connectivity index (χ2v) is 7.21. The maximum Gasteiger partial charge on any atom is 0.254 e. The fourth-order valence-corrected chi connectivity index (χ4v) is 3.45. The zero-order chi connectivity index (χ0) is 18.1. The first-order valence-corrected chi connectivity index (χ1v) is 9.32. The molecule has 1 amide bonds. The average Bonchev–Trinajstić information content (AvgIpc) is 3.47. The van der Waals surface area contributed by atoms with Gasteiger partial charge in [-0.2, -0.15) is 0 Å². The van der Waals surface area contributed by atoms with Crippen LogP contribution in [-0.2, 0) is 0 Å². The Morgan fingerprint density at radius 2 is 1.96 bits per heavy atom. The molecule has 5 nitrogen and oxygen atoms in total. The van der Waals surface area contributed by atoms with E-state index in [2.05, 4.69) is 14.9 Å². The zero-order valence-electron chi connectivity index (χ0n) is 14.4. The zero-order valence-corrected chi connectivity index (χ0v) is 15.1. The minimum absolute atomic E-state index is 0.134. The maximum atomic E-state index is 13.4. The van der Waals surface area contributed by atoms with E-state index in [1.54, 1.807) is 23.1 Å². The second kappa shape index (κ2) is 7.19. The summed E-state index contributed by atoms with van der Waals surface area (Å²) in [5.41, 5.74) is 0.388. The highest BCUT2D eigenvalue weighted by Gasteiger charge is 2.28. The quantitative estimate of drug-likeness (QED) is 0.771. The number of hydrogen-bond donors (Lipinski definition) is 0. The molecule has 2 aliphatic rings. The summed E-state index contributed by atoms with van der Waals surface area (Å²) in [6.07, 6.45) is 3.06. The number of rotatable bonds is 3. The Bertz CT molecular complexity index is 827. The summed E-state index contributed by atoms with van der Waals surface area (Å²) >= 11 is 6.18. The van der Waals surface area contributed by atoms with Crippen LogP contribution >= 0.6 is 11.6 Å². The van der Waals surface area contributed by atoms with Gasteiger partial charge in [-0.3, -0.25) is 4.79 Å². The Balaban J connectivity index is 1.47. The first kappa shape index (κ1) is 17.2. The van der Waals surface area contributed by atoms with Crippen molar-refractivity contribution in [3.05, 3.63) is 52.7 Å². The van der Waals surface area contributed by atoms with Gasteiger partial charge < -0.3 is 9.80 Å². The number of carbonyl (C=O) groups excluding carboxylic acids is 1. The van der Waals surface area contributed by atoms with Gasteiger partial charge in [-0.25, -0.2) is 14.4 Å². The molecule has 0 spiro atoms. The van der Waals surface area contributed by atoms with Gasteiger partial charge in [0.2, 0.25) is 0 Å². The van der Waals surface area contributed by atoms with Gasteiger partial charge in [0, 0.05) is 43.7 Å². The van der Waals surface area contributed by atoms with Gasteiger partial charge in [0.15, 0.2) is 0 Å². The van der Waals surface area contributed by atoms with Crippen LogP contribution in [0.25, 0.3) is 0 Å². The van der Waals surface area contributed by atoms with Crippen LogP contribution in [0, 0.1) is 5.82 Å². The van der Waals surface area contributed by atoms with E-state index in [1.165, 1.54) is 12.1 Å². The van der Waals surface area contributed by atoms with Crippen molar-refractivity contribution >= 4 is 23.3 Å². The number of anilines is 1. The molecule has 1 saturated carbocycles. The first-order chi connectivity index (χ1) is 12.6. The van der Waals surface area contributed by atoms with Gasteiger partial charge in [-0.05, 0) is 37.5 Å². The minimum Gasteiger partial charge on any atom is -0.355 e. The van der Waals surface area contributed by atoms with Crippen molar-refractivity contribution in [1.29, 1.82) is 0 Å². The molecule has 1 aromatic heterocycles. The lowest BCUT2D eigenvalue weighted by molar-refractivity contribution is 0.0766. The lowest BCUT2D eigenvalue weighted by atomic mass is 10.2. The molecular formula is C19H20ClFN4O. The van der Waals surface area contributed by atoms with Gasteiger partial charge in [0.05, 0.1) is 0 Å². The lowest BCUT2D eigenvalue weighted by Crippen LogP contribution is -2.35. The number of amides is 1. The third-order valence-corrected chi connectivity index (χ3v) is 5.01. The normalized spacial score (nSPS) is 17.9. The molecule has 1 aliphatic heterocycles. The average molecular weight is 375 g/mol. The Morgan fingerprint density at radius 1 is 1.12 bits per heavy atom. The van der Waals surface area contributed by atoms with Crippen molar-refractivity contribution in [2.45, 2.75) is 25.2 Å². The van der Waals surface area contributed by atoms with E-state index in [0.717, 1.165) is 37.4 Å². The summed E-state index contributed by atoms with van der Waals surface area (Å²) in [6.45, 7) is 2.67. The van der Waals surface area contributed by atoms with Crippen LogP contribution in [0.15, 0.2) is 30.3 Å². The number of aromatic nitrogens is 2. The van der Waals surface area contributed by atoms with Crippen LogP contribution < -0.4 is 4.90 Å². The Morgan fingerprint density at radius 3 is 2.73 bits per heavy atom. The van der Waals surface area contributed by atoms with Crippen LogP contribution in [-0.4, -0.2) is 47.0 Å². The molecule has 26 heavy (non-hydrogen) atoms. The molecule has 0 radical (unpaired) electrons. The Labute approximate surface area is 156 Å². The van der Waals surface area contributed by atoms with Crippen molar-refractivity contribution in [3.63, 3.8) is 0 Å². The van der Waals surface area contributed by atoms with E-state index in [-0.39, 0.29) is 5.91 Å². The number of benzene rings is 1. The summed E-state index contributed by atoms with van der Waals surface area (Å²) < 4.78 is 13.4. The molecule has 0 atom stereocenters. The summed E-state index contributed by atoms with van der Waals surface area (Å²) in [6, 6.07) is 7.64. The molecule has 2 aromatic rings. The van der Waals surface area contributed by atoms with Crippen molar-refractivity contribution < 1.29 is 9.18 Å². The molecule has 7 heteroatoms. The highest BCUT2D eigenvalue weighted by Crippen LogP contribution is 2.39. The number of carbonyl (C=O) groups is 1. The molecule has 136 valence electrons. The first-order valence-electron chi connectivity index (χ1n) is 8.94. The maximum absolute atomic E-state index is 13.4. The number of hydrogen-bond acceptors (Lipinski definition) is 4. The summed E-state index contributed by atoms with van der Waals surface area (Å²) in [4.78, 5) is 25.6. The summed E-state index contributed by atoms with van der Waals surface area (Å²) in [5.74, 6) is 1.56.